The van der Waals surface area contributed by atoms with E-state index in [1.807, 2.05) is 37.3 Å². The fourth-order valence-electron chi connectivity index (χ4n) is 3.64. The largest absolute Gasteiger partial charge is 1.00 e. The summed E-state index contributed by atoms with van der Waals surface area (Å²) in [5.41, 5.74) is 0.393. The fourth-order valence-corrected chi connectivity index (χ4v) is 6.60. The van der Waals surface area contributed by atoms with Crippen molar-refractivity contribution in [3.8, 4) is 0 Å². The molecule has 3 rings (SSSR count). The van der Waals surface area contributed by atoms with Crippen LogP contribution in [0.2, 0.25) is 5.02 Å². The van der Waals surface area contributed by atoms with Crippen LogP contribution >= 0.6 is 23.4 Å². The van der Waals surface area contributed by atoms with Gasteiger partial charge >= 0.3 is 10.0 Å². The summed E-state index contributed by atoms with van der Waals surface area (Å²) >= 11 is 7.78. The molecule has 0 aliphatic carbocycles. The molecule has 1 aliphatic rings. The Morgan fingerprint density at radius 1 is 1.24 bits per heavy atom. The number of sulfonamides is 1. The van der Waals surface area contributed by atoms with Crippen molar-refractivity contribution < 1.29 is 35.0 Å². The molecule has 2 aromatic rings. The summed E-state index contributed by atoms with van der Waals surface area (Å²) < 4.78 is 28.5. The molecule has 0 saturated carbocycles. The highest BCUT2D eigenvalue weighted by Crippen LogP contribution is 2.46. The number of hydrogen-bond acceptors (Lipinski definition) is 5. The van der Waals surface area contributed by atoms with Crippen LogP contribution in [0.1, 0.15) is 18.1 Å². The number of hydrogen-bond donors (Lipinski definition) is 1. The van der Waals surface area contributed by atoms with Gasteiger partial charge in [-0.2, -0.15) is 13.5 Å². The van der Waals surface area contributed by atoms with Gasteiger partial charge in [0.15, 0.2) is 0 Å². The molecule has 0 radical (unpaired) electrons. The van der Waals surface area contributed by atoms with Crippen LogP contribution in [0.4, 0.5) is 0 Å². The maximum Gasteiger partial charge on any atom is 0.300 e. The van der Waals surface area contributed by atoms with Crippen molar-refractivity contribution in [3.63, 3.8) is 0 Å². The lowest BCUT2D eigenvalue weighted by atomic mass is 9.99. The topological polar surface area (TPSA) is 79.1 Å². The Morgan fingerprint density at radius 3 is 2.55 bits per heavy atom. The van der Waals surface area contributed by atoms with E-state index in [-0.39, 0.29) is 26.9 Å². The van der Waals surface area contributed by atoms with Crippen LogP contribution in [0.15, 0.2) is 63.1 Å². The zero-order valence-corrected chi connectivity index (χ0v) is 20.1. The van der Waals surface area contributed by atoms with Crippen LogP contribution < -0.4 is 17.0 Å². The molecule has 0 bridgehead atoms. The first-order valence-electron chi connectivity index (χ1n) is 8.84. The highest BCUT2D eigenvalue weighted by molar-refractivity contribution is 7.99. The van der Waals surface area contributed by atoms with Crippen LogP contribution in [-0.2, 0) is 22.3 Å². The first-order chi connectivity index (χ1) is 13.3. The number of nitrogens with zero attached hydrogens (tertiary/aromatic N) is 3. The van der Waals surface area contributed by atoms with Gasteiger partial charge in [-0.1, -0.05) is 58.2 Å². The van der Waals surface area contributed by atoms with Gasteiger partial charge in [0.1, 0.15) is 17.3 Å². The minimum Gasteiger partial charge on any atom is -1.00 e. The Kier molecular flexibility index (Phi) is 7.92. The Hall–Kier alpha value is -0.970. The zero-order valence-electron chi connectivity index (χ0n) is 16.1. The van der Waals surface area contributed by atoms with Crippen molar-refractivity contribution in [2.45, 2.75) is 24.1 Å². The van der Waals surface area contributed by atoms with E-state index in [2.05, 4.69) is 9.63 Å². The van der Waals surface area contributed by atoms with Crippen molar-refractivity contribution in [1.29, 1.82) is 0 Å². The van der Waals surface area contributed by atoms with E-state index in [9.17, 15) is 13.5 Å². The molecule has 1 heterocycles. The SMILES string of the molecule is CC[N+]1(Cc2ccccc2)CSCC1(O)c1ccc(Cl)c(S(=O)(=O)N=NC)c1.[Br-]. The predicted octanol–water partition coefficient (Wildman–Crippen LogP) is 1.00. The molecule has 6 nitrogen and oxygen atoms in total. The molecule has 0 amide bonds. The van der Waals surface area contributed by atoms with Crippen LogP contribution in [-0.4, -0.2) is 43.2 Å². The molecule has 158 valence electrons. The molecule has 29 heavy (non-hydrogen) atoms. The molecular formula is C19H23BrClN3O3S2. The second-order valence-corrected chi connectivity index (χ2v) is 9.72. The second kappa shape index (κ2) is 9.45. The smallest absolute Gasteiger partial charge is 0.300 e. The number of thioether (sulfide) groups is 1. The van der Waals surface area contributed by atoms with E-state index < -0.39 is 15.7 Å². The Morgan fingerprint density at radius 2 is 1.93 bits per heavy atom. The minimum absolute atomic E-state index is 0. The van der Waals surface area contributed by atoms with Crippen LogP contribution in [0.25, 0.3) is 0 Å². The first-order valence-corrected chi connectivity index (χ1v) is 11.8. The van der Waals surface area contributed by atoms with Gasteiger partial charge in [0.05, 0.1) is 17.3 Å². The van der Waals surface area contributed by atoms with E-state index in [1.165, 1.54) is 19.2 Å². The number of aliphatic hydroxyl groups is 1. The maximum absolute atomic E-state index is 12.4. The van der Waals surface area contributed by atoms with Crippen molar-refractivity contribution in [2.24, 2.45) is 9.63 Å². The van der Waals surface area contributed by atoms with Crippen molar-refractivity contribution in [3.05, 3.63) is 64.7 Å². The first kappa shape index (κ1) is 24.3. The molecule has 2 atom stereocenters. The predicted molar refractivity (Wildman–Crippen MR) is 112 cm³/mol. The summed E-state index contributed by atoms with van der Waals surface area (Å²) in [7, 11) is -2.73. The summed E-state index contributed by atoms with van der Waals surface area (Å²) in [6.07, 6.45) is 0. The van der Waals surface area contributed by atoms with Crippen LogP contribution in [0.3, 0.4) is 0 Å². The number of quaternary nitrogens is 1. The third-order valence-corrected chi connectivity index (χ3v) is 8.22. The van der Waals surface area contributed by atoms with Gasteiger partial charge < -0.3 is 22.1 Å². The molecule has 0 aromatic heterocycles. The summed E-state index contributed by atoms with van der Waals surface area (Å²) in [4.78, 5) is -0.142. The van der Waals surface area contributed by atoms with Crippen molar-refractivity contribution in [1.82, 2.24) is 0 Å². The van der Waals surface area contributed by atoms with E-state index in [1.54, 1.807) is 17.8 Å². The monoisotopic (exact) mass is 519 g/mol. The lowest BCUT2D eigenvalue weighted by molar-refractivity contribution is -1.00. The maximum atomic E-state index is 12.4. The van der Waals surface area contributed by atoms with Crippen molar-refractivity contribution in [2.75, 3.05) is 25.2 Å². The van der Waals surface area contributed by atoms with Gasteiger partial charge in [-0.05, 0) is 25.1 Å². The summed E-state index contributed by atoms with van der Waals surface area (Å²) in [6.45, 7) is 3.37. The summed E-state index contributed by atoms with van der Waals surface area (Å²) in [5.74, 6) is 1.19. The molecule has 10 heteroatoms. The normalized spacial score (nSPS) is 24.6. The molecule has 0 spiro atoms. The lowest BCUT2D eigenvalue weighted by Crippen LogP contribution is -3.00. The van der Waals surface area contributed by atoms with Crippen LogP contribution in [0, 0.1) is 0 Å². The standard InChI is InChI=1S/C19H23ClN3O3S2.BrH/c1-3-23(12-15-7-5-4-6-8-15)14-27-13-19(23,24)16-9-10-17(20)18(11-16)28(25,26)22-21-2;/h4-11,24H,3,12-14H2,1-2H3;1H/q+1;/p-1. The van der Waals surface area contributed by atoms with Gasteiger partial charge in [0, 0.05) is 18.2 Å². The van der Waals surface area contributed by atoms with Gasteiger partial charge in [0.25, 0.3) is 0 Å². The highest BCUT2D eigenvalue weighted by atomic mass is 79.9. The number of benzene rings is 2. The zero-order chi connectivity index (χ0) is 20.4. The quantitative estimate of drug-likeness (QED) is 0.455. The third-order valence-electron chi connectivity index (χ3n) is 5.22. The Labute approximate surface area is 191 Å². The average Bonchev–Trinajstić information content (AvgIpc) is 3.00. The molecule has 1 saturated heterocycles. The second-order valence-electron chi connectivity index (χ2n) is 6.80. The molecule has 2 unspecified atom stereocenters. The fraction of sp³-hybridized carbons (Fsp3) is 0.368. The van der Waals surface area contributed by atoms with Gasteiger partial charge in [-0.15, -0.1) is 0 Å². The van der Waals surface area contributed by atoms with E-state index in [0.717, 1.165) is 11.4 Å². The van der Waals surface area contributed by atoms with Gasteiger partial charge in [0.2, 0.25) is 5.72 Å². The van der Waals surface area contributed by atoms with E-state index in [4.69, 9.17) is 11.6 Å². The molecule has 1 aliphatic heterocycles. The Balaban J connectivity index is 0.00000300. The summed E-state index contributed by atoms with van der Waals surface area (Å²) in [5, 5.41) is 15.2. The van der Waals surface area contributed by atoms with Gasteiger partial charge in [-0.3, -0.25) is 4.48 Å². The van der Waals surface area contributed by atoms with E-state index in [0.29, 0.717) is 28.9 Å². The third kappa shape index (κ3) is 4.55. The lowest BCUT2D eigenvalue weighted by Gasteiger charge is -2.44. The van der Waals surface area contributed by atoms with Gasteiger partial charge in [-0.25, -0.2) is 0 Å². The van der Waals surface area contributed by atoms with E-state index >= 15 is 0 Å². The number of halogens is 2. The van der Waals surface area contributed by atoms with Crippen LogP contribution in [0.5, 0.6) is 0 Å². The molecular weight excluding hydrogens is 498 g/mol. The minimum atomic E-state index is -4.02. The van der Waals surface area contributed by atoms with Crippen molar-refractivity contribution >= 4 is 33.4 Å². The number of rotatable bonds is 6. The molecule has 1 N–H and O–H groups in total. The molecule has 1 fully saturated rings. The highest BCUT2D eigenvalue weighted by Gasteiger charge is 2.55. The summed E-state index contributed by atoms with van der Waals surface area (Å²) in [6, 6.07) is 14.6. The molecule has 2 aromatic carbocycles. The Bertz CT molecular complexity index is 991. The average molecular weight is 521 g/mol.